The van der Waals surface area contributed by atoms with Gasteiger partial charge in [-0.05, 0) is 12.8 Å². The molecule has 0 aromatic carbocycles. The van der Waals surface area contributed by atoms with E-state index in [0.717, 1.165) is 17.1 Å². The summed E-state index contributed by atoms with van der Waals surface area (Å²) in [6.45, 7) is 1.85. The van der Waals surface area contributed by atoms with Crippen LogP contribution in [0.4, 0.5) is 0 Å². The van der Waals surface area contributed by atoms with Gasteiger partial charge in [0.1, 0.15) is 0 Å². The first-order valence-electron chi connectivity index (χ1n) is 8.54. The van der Waals surface area contributed by atoms with Gasteiger partial charge in [-0.25, -0.2) is 21.1 Å². The minimum Gasteiger partial charge on any atom is -0.456 e. The third-order valence-corrected chi connectivity index (χ3v) is 7.78. The van der Waals surface area contributed by atoms with Crippen LogP contribution in [-0.4, -0.2) is 88.5 Å². The third-order valence-electron chi connectivity index (χ3n) is 4.20. The average Bonchev–Trinajstić information content (AvgIpc) is 2.91. The van der Waals surface area contributed by atoms with Gasteiger partial charge in [-0.2, -0.15) is 0 Å². The van der Waals surface area contributed by atoms with Gasteiger partial charge in [0.05, 0.1) is 23.7 Å². The summed E-state index contributed by atoms with van der Waals surface area (Å²) in [4.78, 5) is 25.6. The zero-order valence-electron chi connectivity index (χ0n) is 15.5. The molecule has 0 aliphatic carbocycles. The van der Waals surface area contributed by atoms with Crippen LogP contribution < -0.4 is 0 Å². The zero-order chi connectivity index (χ0) is 20.0. The fourth-order valence-electron chi connectivity index (χ4n) is 2.55. The van der Waals surface area contributed by atoms with Crippen molar-refractivity contribution in [3.05, 3.63) is 0 Å². The molecule has 1 rings (SSSR count). The number of nitrogens with zero attached hydrogens (tertiary/aromatic N) is 2. The fourth-order valence-corrected chi connectivity index (χ4v) is 5.07. The van der Waals surface area contributed by atoms with Crippen LogP contribution in [0.25, 0.3) is 0 Å². The Morgan fingerprint density at radius 1 is 1.23 bits per heavy atom. The van der Waals surface area contributed by atoms with Crippen molar-refractivity contribution >= 4 is 31.7 Å². The van der Waals surface area contributed by atoms with Gasteiger partial charge in [-0.15, -0.1) is 0 Å². The van der Waals surface area contributed by atoms with Gasteiger partial charge in [0, 0.05) is 26.7 Å². The summed E-state index contributed by atoms with van der Waals surface area (Å²) in [5, 5.41) is 0. The highest BCUT2D eigenvalue weighted by Gasteiger charge is 2.34. The first-order valence-corrected chi connectivity index (χ1v) is 12.0. The van der Waals surface area contributed by atoms with E-state index < -0.39 is 50.1 Å². The summed E-state index contributed by atoms with van der Waals surface area (Å²) in [5.41, 5.74) is 0. The summed E-state index contributed by atoms with van der Waals surface area (Å²) in [7, 11) is -3.92. The number of carbonyl (C=O) groups excluding carboxylic acids is 2. The molecule has 1 fully saturated rings. The van der Waals surface area contributed by atoms with Crippen LogP contribution in [0.1, 0.15) is 32.6 Å². The number of sulfone groups is 1. The average molecular weight is 413 g/mol. The summed E-state index contributed by atoms with van der Waals surface area (Å²) in [5.74, 6) is -1.65. The molecule has 26 heavy (non-hydrogen) atoms. The molecule has 0 bridgehead atoms. The monoisotopic (exact) mass is 412 g/mol. The van der Waals surface area contributed by atoms with Gasteiger partial charge in [0.25, 0.3) is 5.91 Å². The van der Waals surface area contributed by atoms with E-state index in [1.54, 1.807) is 0 Å². The first-order chi connectivity index (χ1) is 12.0. The van der Waals surface area contributed by atoms with Crippen molar-refractivity contribution in [1.29, 1.82) is 0 Å². The molecule has 1 aliphatic rings. The summed E-state index contributed by atoms with van der Waals surface area (Å²) in [6, 6.07) is -0.396. The van der Waals surface area contributed by atoms with Gasteiger partial charge in [-0.3, -0.25) is 9.59 Å². The van der Waals surface area contributed by atoms with Crippen molar-refractivity contribution in [3.8, 4) is 0 Å². The van der Waals surface area contributed by atoms with Crippen LogP contribution in [0.5, 0.6) is 0 Å². The number of sulfonamides is 1. The van der Waals surface area contributed by atoms with E-state index in [9.17, 15) is 26.4 Å². The van der Waals surface area contributed by atoms with E-state index in [0.29, 0.717) is 13.0 Å². The maximum atomic E-state index is 12.4. The zero-order valence-corrected chi connectivity index (χ0v) is 17.1. The van der Waals surface area contributed by atoms with Gasteiger partial charge < -0.3 is 9.64 Å². The number of amides is 1. The first kappa shape index (κ1) is 22.8. The summed E-state index contributed by atoms with van der Waals surface area (Å²) in [6.07, 6.45) is 1.59. The molecule has 0 radical (unpaired) electrons. The largest absolute Gasteiger partial charge is 0.456 e. The molecule has 0 aromatic heterocycles. The van der Waals surface area contributed by atoms with Gasteiger partial charge >= 0.3 is 5.97 Å². The van der Waals surface area contributed by atoms with Gasteiger partial charge in [-0.1, -0.05) is 13.3 Å². The molecular weight excluding hydrogens is 384 g/mol. The van der Waals surface area contributed by atoms with Crippen molar-refractivity contribution in [2.45, 2.75) is 38.6 Å². The molecule has 0 N–H and O–H groups in total. The lowest BCUT2D eigenvalue weighted by Gasteiger charge is -2.28. The van der Waals surface area contributed by atoms with E-state index in [4.69, 9.17) is 4.74 Å². The van der Waals surface area contributed by atoms with Crippen LogP contribution in [0.15, 0.2) is 0 Å². The number of carbonyl (C=O) groups is 2. The molecule has 11 heteroatoms. The number of hydrogen-bond donors (Lipinski definition) is 0. The van der Waals surface area contributed by atoms with E-state index in [2.05, 4.69) is 0 Å². The second-order valence-electron chi connectivity index (χ2n) is 6.51. The Morgan fingerprint density at radius 2 is 1.88 bits per heavy atom. The van der Waals surface area contributed by atoms with Gasteiger partial charge in [0.2, 0.25) is 10.0 Å². The predicted molar refractivity (Wildman–Crippen MR) is 96.7 cm³/mol. The van der Waals surface area contributed by atoms with Crippen molar-refractivity contribution in [1.82, 2.24) is 9.21 Å². The van der Waals surface area contributed by atoms with Crippen LogP contribution in [0, 0.1) is 0 Å². The molecule has 1 amide bonds. The summed E-state index contributed by atoms with van der Waals surface area (Å²) < 4.78 is 52.5. The Morgan fingerprint density at radius 3 is 2.38 bits per heavy atom. The Bertz CT molecular complexity index is 702. The fraction of sp³-hybridized carbons (Fsp3) is 0.867. The molecule has 1 saturated heterocycles. The minimum atomic E-state index is -3.52. The molecule has 0 aromatic rings. The lowest BCUT2D eigenvalue weighted by molar-refractivity contribution is -0.152. The lowest BCUT2D eigenvalue weighted by atomic mass is 10.2. The number of ether oxygens (including phenoxy) is 1. The third kappa shape index (κ3) is 7.20. The van der Waals surface area contributed by atoms with E-state index in [1.165, 1.54) is 19.0 Å². The quantitative estimate of drug-likeness (QED) is 0.449. The van der Waals surface area contributed by atoms with Crippen molar-refractivity contribution < 1.29 is 31.2 Å². The Balaban J connectivity index is 2.57. The van der Waals surface area contributed by atoms with E-state index >= 15 is 0 Å². The number of unbranched alkanes of at least 4 members (excludes halogenated alkanes) is 1. The molecule has 1 atom stereocenters. The van der Waals surface area contributed by atoms with Crippen LogP contribution in [0.3, 0.4) is 0 Å². The smallest absolute Gasteiger partial charge is 0.307 e. The Labute approximate surface area is 155 Å². The van der Waals surface area contributed by atoms with Crippen LogP contribution in [0.2, 0.25) is 0 Å². The second-order valence-corrected chi connectivity index (χ2v) is 11.0. The highest BCUT2D eigenvalue weighted by Crippen LogP contribution is 2.18. The Kier molecular flexibility index (Phi) is 8.48. The topological polar surface area (TPSA) is 118 Å². The number of rotatable bonds is 10. The number of esters is 1. The van der Waals surface area contributed by atoms with Crippen molar-refractivity contribution in [2.75, 3.05) is 44.5 Å². The molecule has 1 aliphatic heterocycles. The predicted octanol–water partition coefficient (Wildman–Crippen LogP) is -0.373. The van der Waals surface area contributed by atoms with E-state index in [1.807, 2.05) is 6.92 Å². The van der Waals surface area contributed by atoms with Gasteiger partial charge in [0.15, 0.2) is 16.4 Å². The maximum Gasteiger partial charge on any atom is 0.307 e. The second kappa shape index (κ2) is 9.65. The van der Waals surface area contributed by atoms with Crippen LogP contribution >= 0.6 is 0 Å². The highest BCUT2D eigenvalue weighted by atomic mass is 32.2. The normalized spacial score (nSPS) is 19.5. The van der Waals surface area contributed by atoms with Crippen molar-refractivity contribution in [3.63, 3.8) is 0 Å². The molecular formula is C15H28N2O7S2. The molecule has 0 spiro atoms. The van der Waals surface area contributed by atoms with Crippen LogP contribution in [-0.2, 0) is 34.2 Å². The summed E-state index contributed by atoms with van der Waals surface area (Å²) >= 11 is 0. The molecule has 9 nitrogen and oxygen atoms in total. The standard InChI is InChI=1S/C15H28N2O7S2/c1-4-5-8-17(13-6-9-25(20,21)12-13)14(18)11-24-15(19)7-10-26(22,23)16(2)3/h13H,4-12H2,1-3H3. The maximum absolute atomic E-state index is 12.4. The molecule has 152 valence electrons. The van der Waals surface area contributed by atoms with Crippen molar-refractivity contribution in [2.24, 2.45) is 0 Å². The van der Waals surface area contributed by atoms with E-state index in [-0.39, 0.29) is 17.9 Å². The Hall–Kier alpha value is -1.20. The highest BCUT2D eigenvalue weighted by molar-refractivity contribution is 7.91. The molecule has 1 heterocycles. The molecule has 1 unspecified atom stereocenters. The SMILES string of the molecule is CCCCN(C(=O)COC(=O)CCS(=O)(=O)N(C)C)C1CCS(=O)(=O)C1. The minimum absolute atomic E-state index is 0.0513. The lowest BCUT2D eigenvalue weighted by Crippen LogP contribution is -2.44. The number of hydrogen-bond acceptors (Lipinski definition) is 7. The molecule has 0 saturated carbocycles.